The summed E-state index contributed by atoms with van der Waals surface area (Å²) in [5.74, 6) is 0.00440. The number of anilines is 1. The fourth-order valence-electron chi connectivity index (χ4n) is 0.946. The van der Waals surface area contributed by atoms with Gasteiger partial charge in [0, 0.05) is 12.7 Å². The molecule has 90 valence electrons. The van der Waals surface area contributed by atoms with E-state index in [4.69, 9.17) is 0 Å². The molecule has 0 saturated carbocycles. The summed E-state index contributed by atoms with van der Waals surface area (Å²) in [6.45, 7) is 6.41. The van der Waals surface area contributed by atoms with Gasteiger partial charge < -0.3 is 5.32 Å². The predicted molar refractivity (Wildman–Crippen MR) is 55.0 cm³/mol. The molecular formula is C10H14F3N3. The van der Waals surface area contributed by atoms with Crippen LogP contribution in [0.4, 0.5) is 19.1 Å². The number of aromatic nitrogens is 2. The summed E-state index contributed by atoms with van der Waals surface area (Å²) in [5.41, 5.74) is -0.976. The Morgan fingerprint density at radius 2 is 1.88 bits per heavy atom. The highest BCUT2D eigenvalue weighted by atomic mass is 19.4. The summed E-state index contributed by atoms with van der Waals surface area (Å²) in [6, 6.07) is 0.849. The minimum Gasteiger partial charge on any atom is -0.354 e. The number of nitrogens with zero attached hydrogens (tertiary/aromatic N) is 2. The normalized spacial score (nSPS) is 12.6. The van der Waals surface area contributed by atoms with Crippen molar-refractivity contribution in [1.82, 2.24) is 9.97 Å². The minimum atomic E-state index is -4.43. The summed E-state index contributed by atoms with van der Waals surface area (Å²) in [5, 5.41) is 2.77. The monoisotopic (exact) mass is 233 g/mol. The zero-order chi connectivity index (χ0) is 12.4. The molecule has 1 N–H and O–H groups in total. The summed E-state index contributed by atoms with van der Waals surface area (Å²) >= 11 is 0. The van der Waals surface area contributed by atoms with Gasteiger partial charge in [0.1, 0.15) is 5.69 Å². The Morgan fingerprint density at radius 3 is 2.38 bits per heavy atom. The number of hydrogen-bond donors (Lipinski definition) is 1. The van der Waals surface area contributed by atoms with Crippen LogP contribution in [0.15, 0.2) is 12.3 Å². The molecule has 3 nitrogen and oxygen atoms in total. The molecule has 0 aliphatic heterocycles. The van der Waals surface area contributed by atoms with E-state index >= 15 is 0 Å². The van der Waals surface area contributed by atoms with Crippen molar-refractivity contribution in [3.63, 3.8) is 0 Å². The summed E-state index contributed by atoms with van der Waals surface area (Å²) in [6.07, 6.45) is -3.33. The summed E-state index contributed by atoms with van der Waals surface area (Å²) in [4.78, 5) is 7.13. The molecule has 0 radical (unpaired) electrons. The third-order valence-electron chi connectivity index (χ3n) is 1.72. The van der Waals surface area contributed by atoms with Gasteiger partial charge >= 0.3 is 6.18 Å². The van der Waals surface area contributed by atoms with Gasteiger partial charge in [0.25, 0.3) is 0 Å². The smallest absolute Gasteiger partial charge is 0.354 e. The van der Waals surface area contributed by atoms with Crippen molar-refractivity contribution in [3.05, 3.63) is 18.0 Å². The predicted octanol–water partition coefficient (Wildman–Crippen LogP) is 2.95. The van der Waals surface area contributed by atoms with Gasteiger partial charge in [-0.25, -0.2) is 9.97 Å². The maximum Gasteiger partial charge on any atom is 0.433 e. The standard InChI is InChI=1S/C10H14F3N3/c1-9(2,3)6-15-8-14-5-4-7(16-8)10(11,12)13/h4-5H,6H2,1-3H3,(H,14,15,16). The molecule has 16 heavy (non-hydrogen) atoms. The molecule has 1 rings (SSSR count). The van der Waals surface area contributed by atoms with Crippen LogP contribution >= 0.6 is 0 Å². The Balaban J connectivity index is 2.76. The second-order valence-corrected chi connectivity index (χ2v) is 4.68. The van der Waals surface area contributed by atoms with Crippen LogP contribution < -0.4 is 5.32 Å². The van der Waals surface area contributed by atoms with Crippen LogP contribution in [-0.4, -0.2) is 16.5 Å². The van der Waals surface area contributed by atoms with Crippen LogP contribution in [0.5, 0.6) is 0 Å². The molecule has 0 aliphatic rings. The van der Waals surface area contributed by atoms with E-state index in [0.29, 0.717) is 6.54 Å². The van der Waals surface area contributed by atoms with E-state index in [9.17, 15) is 13.2 Å². The minimum absolute atomic E-state index is 0.00440. The van der Waals surface area contributed by atoms with Gasteiger partial charge in [-0.3, -0.25) is 0 Å². The van der Waals surface area contributed by atoms with E-state index in [1.807, 2.05) is 20.8 Å². The van der Waals surface area contributed by atoms with Crippen LogP contribution in [-0.2, 0) is 6.18 Å². The number of hydrogen-bond acceptors (Lipinski definition) is 3. The number of halogens is 3. The van der Waals surface area contributed by atoms with Gasteiger partial charge in [0.15, 0.2) is 0 Å². The van der Waals surface area contributed by atoms with Crippen LogP contribution in [0.2, 0.25) is 0 Å². The number of nitrogens with one attached hydrogen (secondary N) is 1. The molecule has 1 aromatic heterocycles. The molecule has 0 unspecified atom stereocenters. The van der Waals surface area contributed by atoms with Crippen molar-refractivity contribution in [2.75, 3.05) is 11.9 Å². The second-order valence-electron chi connectivity index (χ2n) is 4.68. The van der Waals surface area contributed by atoms with Crippen LogP contribution in [0.1, 0.15) is 26.5 Å². The number of rotatable bonds is 2. The third-order valence-corrected chi connectivity index (χ3v) is 1.72. The lowest BCUT2D eigenvalue weighted by Gasteiger charge is -2.18. The molecule has 0 bridgehead atoms. The van der Waals surface area contributed by atoms with Crippen molar-refractivity contribution in [1.29, 1.82) is 0 Å². The van der Waals surface area contributed by atoms with Crippen molar-refractivity contribution in [2.45, 2.75) is 26.9 Å². The Hall–Kier alpha value is -1.33. The van der Waals surface area contributed by atoms with Gasteiger partial charge in [0.05, 0.1) is 0 Å². The Kier molecular flexibility index (Phi) is 3.40. The lowest BCUT2D eigenvalue weighted by molar-refractivity contribution is -0.141. The average molecular weight is 233 g/mol. The molecule has 0 aliphatic carbocycles. The van der Waals surface area contributed by atoms with E-state index in [1.165, 1.54) is 0 Å². The molecule has 6 heteroatoms. The molecular weight excluding hydrogens is 219 g/mol. The van der Waals surface area contributed by atoms with Crippen molar-refractivity contribution in [2.24, 2.45) is 5.41 Å². The lowest BCUT2D eigenvalue weighted by atomic mass is 9.97. The zero-order valence-electron chi connectivity index (χ0n) is 9.39. The first kappa shape index (κ1) is 12.7. The fraction of sp³-hybridized carbons (Fsp3) is 0.600. The molecule has 0 saturated heterocycles. The maximum atomic E-state index is 12.3. The first-order valence-electron chi connectivity index (χ1n) is 4.83. The zero-order valence-corrected chi connectivity index (χ0v) is 9.39. The fourth-order valence-corrected chi connectivity index (χ4v) is 0.946. The van der Waals surface area contributed by atoms with Crippen LogP contribution in [0, 0.1) is 5.41 Å². The van der Waals surface area contributed by atoms with Gasteiger partial charge in [-0.15, -0.1) is 0 Å². The molecule has 1 aromatic rings. The van der Waals surface area contributed by atoms with E-state index in [2.05, 4.69) is 15.3 Å². The van der Waals surface area contributed by atoms with E-state index < -0.39 is 11.9 Å². The largest absolute Gasteiger partial charge is 0.433 e. The first-order valence-corrected chi connectivity index (χ1v) is 4.83. The van der Waals surface area contributed by atoms with Crippen molar-refractivity contribution in [3.8, 4) is 0 Å². The SMILES string of the molecule is CC(C)(C)CNc1nccc(C(F)(F)F)n1. The molecule has 0 aromatic carbocycles. The van der Waals surface area contributed by atoms with E-state index in [1.54, 1.807) is 0 Å². The Labute approximate surface area is 92.1 Å². The van der Waals surface area contributed by atoms with Gasteiger partial charge in [-0.1, -0.05) is 20.8 Å². The molecule has 0 fully saturated rings. The molecule has 0 atom stereocenters. The molecule has 0 spiro atoms. The van der Waals surface area contributed by atoms with E-state index in [0.717, 1.165) is 12.3 Å². The number of alkyl halides is 3. The third kappa shape index (κ3) is 4.04. The molecule has 0 amide bonds. The van der Waals surface area contributed by atoms with Crippen LogP contribution in [0.3, 0.4) is 0 Å². The molecule has 1 heterocycles. The quantitative estimate of drug-likeness (QED) is 0.853. The van der Waals surface area contributed by atoms with Crippen molar-refractivity contribution < 1.29 is 13.2 Å². The van der Waals surface area contributed by atoms with Gasteiger partial charge in [-0.05, 0) is 11.5 Å². The highest BCUT2D eigenvalue weighted by Crippen LogP contribution is 2.27. The Bertz CT molecular complexity index is 355. The summed E-state index contributed by atoms with van der Waals surface area (Å²) in [7, 11) is 0. The average Bonchev–Trinajstić information content (AvgIpc) is 2.13. The highest BCUT2D eigenvalue weighted by molar-refractivity contribution is 5.26. The van der Waals surface area contributed by atoms with Crippen molar-refractivity contribution >= 4 is 5.95 Å². The lowest BCUT2D eigenvalue weighted by Crippen LogP contribution is -2.21. The van der Waals surface area contributed by atoms with Crippen LogP contribution in [0.25, 0.3) is 0 Å². The maximum absolute atomic E-state index is 12.3. The van der Waals surface area contributed by atoms with E-state index in [-0.39, 0.29) is 11.4 Å². The second kappa shape index (κ2) is 4.27. The summed E-state index contributed by atoms with van der Waals surface area (Å²) < 4.78 is 37.0. The van der Waals surface area contributed by atoms with Gasteiger partial charge in [0.2, 0.25) is 5.95 Å². The highest BCUT2D eigenvalue weighted by Gasteiger charge is 2.32. The van der Waals surface area contributed by atoms with Gasteiger partial charge in [-0.2, -0.15) is 13.2 Å². The topological polar surface area (TPSA) is 37.8 Å². The first-order chi connectivity index (χ1) is 7.18. The Morgan fingerprint density at radius 1 is 1.25 bits per heavy atom.